The lowest BCUT2D eigenvalue weighted by Crippen LogP contribution is -2.32. The molecule has 0 unspecified atom stereocenters. The van der Waals surface area contributed by atoms with Crippen molar-refractivity contribution in [1.29, 1.82) is 0 Å². The van der Waals surface area contributed by atoms with E-state index in [2.05, 4.69) is 0 Å². The fourth-order valence-corrected chi connectivity index (χ4v) is 2.72. The Labute approximate surface area is 133 Å². The average Bonchev–Trinajstić information content (AvgIpc) is 2.53. The highest BCUT2D eigenvalue weighted by Crippen LogP contribution is 2.34. The molecule has 0 bridgehead atoms. The molecule has 3 rings (SSSR count). The standard InChI is InChI=1S/C17H11B3O2/c1-8-6-7-11(10-5-3-2-4-9(8)10)12-13(18)17(22)15(20)14(19)16(12)21/h2-7,21-22H,1H3. The Bertz CT molecular complexity index is 875. The number of fused-ring (bicyclic) bond motifs is 1. The summed E-state index contributed by atoms with van der Waals surface area (Å²) in [7, 11) is 17.4. The van der Waals surface area contributed by atoms with E-state index in [-0.39, 0.29) is 27.9 Å². The molecule has 0 amide bonds. The van der Waals surface area contributed by atoms with Crippen molar-refractivity contribution < 1.29 is 10.2 Å². The largest absolute Gasteiger partial charge is 0.509 e. The van der Waals surface area contributed by atoms with Gasteiger partial charge < -0.3 is 10.2 Å². The van der Waals surface area contributed by atoms with Crippen molar-refractivity contribution in [3.63, 3.8) is 0 Å². The van der Waals surface area contributed by atoms with Crippen molar-refractivity contribution in [3.05, 3.63) is 42.0 Å². The third-order valence-electron chi connectivity index (χ3n) is 3.97. The maximum absolute atomic E-state index is 10.4. The maximum atomic E-state index is 10.4. The highest BCUT2D eigenvalue weighted by atomic mass is 16.3. The van der Waals surface area contributed by atoms with Gasteiger partial charge in [0.15, 0.2) is 0 Å². The second-order valence-electron chi connectivity index (χ2n) is 5.29. The van der Waals surface area contributed by atoms with Crippen molar-refractivity contribution in [2.45, 2.75) is 6.92 Å². The van der Waals surface area contributed by atoms with Gasteiger partial charge in [-0.3, -0.25) is 0 Å². The van der Waals surface area contributed by atoms with Gasteiger partial charge in [-0.2, -0.15) is 0 Å². The van der Waals surface area contributed by atoms with E-state index in [4.69, 9.17) is 23.5 Å². The Balaban J connectivity index is 2.46. The summed E-state index contributed by atoms with van der Waals surface area (Å²) in [5.41, 5.74) is 1.91. The summed E-state index contributed by atoms with van der Waals surface area (Å²) in [6.45, 7) is 2.00. The number of rotatable bonds is 1. The summed E-state index contributed by atoms with van der Waals surface area (Å²) < 4.78 is 0. The molecule has 100 valence electrons. The van der Waals surface area contributed by atoms with Gasteiger partial charge in [0.05, 0.1) is 0 Å². The van der Waals surface area contributed by atoms with Crippen LogP contribution in [0.4, 0.5) is 0 Å². The predicted octanol–water partition coefficient (Wildman–Crippen LogP) is 0.608. The molecule has 0 saturated carbocycles. The minimum absolute atomic E-state index is 0.0122. The SMILES string of the molecule is [B]c1c([B])c(O)c(-c2ccc(C)c3ccccc23)c([B])c1O. The van der Waals surface area contributed by atoms with Crippen LogP contribution in [0.2, 0.25) is 0 Å². The lowest BCUT2D eigenvalue weighted by atomic mass is 9.71. The lowest BCUT2D eigenvalue weighted by Gasteiger charge is -2.19. The number of phenolic OH excluding ortho intramolecular Hbond substituents is 2. The van der Waals surface area contributed by atoms with Crippen molar-refractivity contribution in [1.82, 2.24) is 0 Å². The van der Waals surface area contributed by atoms with Crippen LogP contribution in [0.25, 0.3) is 21.9 Å². The van der Waals surface area contributed by atoms with Crippen LogP contribution in [0.3, 0.4) is 0 Å². The lowest BCUT2D eigenvalue weighted by molar-refractivity contribution is 0.472. The van der Waals surface area contributed by atoms with Crippen LogP contribution in [0, 0.1) is 6.92 Å². The summed E-state index contributed by atoms with van der Waals surface area (Å²) in [5.74, 6) is -0.531. The molecule has 0 aliphatic carbocycles. The Morgan fingerprint density at radius 1 is 0.727 bits per heavy atom. The van der Waals surface area contributed by atoms with Crippen molar-refractivity contribution in [2.24, 2.45) is 0 Å². The molecule has 3 aromatic rings. The van der Waals surface area contributed by atoms with E-state index in [1.54, 1.807) is 0 Å². The number of phenols is 2. The monoisotopic (exact) mass is 280 g/mol. The highest BCUT2D eigenvalue weighted by Gasteiger charge is 2.18. The minimum Gasteiger partial charge on any atom is -0.509 e. The number of hydrogen-bond acceptors (Lipinski definition) is 2. The molecule has 0 aliphatic heterocycles. The van der Waals surface area contributed by atoms with Crippen molar-refractivity contribution >= 4 is 50.7 Å². The summed E-state index contributed by atoms with van der Waals surface area (Å²) in [5, 5.41) is 22.4. The Hall–Kier alpha value is -2.29. The molecule has 0 aliphatic rings. The van der Waals surface area contributed by atoms with Crippen molar-refractivity contribution in [2.75, 3.05) is 0 Å². The van der Waals surface area contributed by atoms with Gasteiger partial charge >= 0.3 is 0 Å². The first-order chi connectivity index (χ1) is 10.4. The van der Waals surface area contributed by atoms with E-state index in [9.17, 15) is 10.2 Å². The molecule has 3 aromatic carbocycles. The van der Waals surface area contributed by atoms with Crippen LogP contribution in [-0.2, 0) is 0 Å². The van der Waals surface area contributed by atoms with E-state index in [0.717, 1.165) is 16.3 Å². The molecule has 22 heavy (non-hydrogen) atoms. The fraction of sp³-hybridized carbons (Fsp3) is 0.0588. The predicted molar refractivity (Wildman–Crippen MR) is 93.6 cm³/mol. The quantitative estimate of drug-likeness (QED) is 0.506. The first-order valence-corrected chi connectivity index (χ1v) is 6.80. The molecular weight excluding hydrogens is 269 g/mol. The maximum Gasteiger partial charge on any atom is 0.120 e. The van der Waals surface area contributed by atoms with Gasteiger partial charge in [-0.15, -0.1) is 0 Å². The summed E-state index contributed by atoms with van der Waals surface area (Å²) in [6, 6.07) is 11.5. The van der Waals surface area contributed by atoms with E-state index in [0.29, 0.717) is 11.1 Å². The van der Waals surface area contributed by atoms with E-state index < -0.39 is 0 Å². The molecule has 0 heterocycles. The van der Waals surface area contributed by atoms with Gasteiger partial charge in [0.25, 0.3) is 0 Å². The van der Waals surface area contributed by atoms with E-state index in [1.165, 1.54) is 0 Å². The second-order valence-corrected chi connectivity index (χ2v) is 5.29. The summed E-state index contributed by atoms with van der Waals surface area (Å²) >= 11 is 0. The molecule has 5 heteroatoms. The van der Waals surface area contributed by atoms with Crippen LogP contribution in [0.15, 0.2) is 36.4 Å². The Kier molecular flexibility index (Phi) is 3.44. The number of benzene rings is 3. The van der Waals surface area contributed by atoms with Crippen LogP contribution in [0.1, 0.15) is 5.56 Å². The third-order valence-corrected chi connectivity index (χ3v) is 3.97. The molecule has 6 radical (unpaired) electrons. The molecule has 2 N–H and O–H groups in total. The highest BCUT2D eigenvalue weighted by molar-refractivity contribution is 6.55. The first kappa shape index (κ1) is 14.6. The van der Waals surface area contributed by atoms with Gasteiger partial charge in [-0.25, -0.2) is 0 Å². The average molecular weight is 280 g/mol. The van der Waals surface area contributed by atoms with Gasteiger partial charge in [0.2, 0.25) is 0 Å². The molecular formula is C17H11B3O2. The fourth-order valence-electron chi connectivity index (χ4n) is 2.72. The Morgan fingerprint density at radius 2 is 1.32 bits per heavy atom. The summed E-state index contributed by atoms with van der Waals surface area (Å²) in [6.07, 6.45) is 0. The number of hydrogen-bond donors (Lipinski definition) is 2. The normalized spacial score (nSPS) is 11.0. The summed E-state index contributed by atoms with van der Waals surface area (Å²) in [4.78, 5) is 0. The van der Waals surface area contributed by atoms with Crippen LogP contribution < -0.4 is 16.4 Å². The van der Waals surface area contributed by atoms with Gasteiger partial charge in [0.1, 0.15) is 35.0 Å². The number of aromatic hydroxyl groups is 2. The van der Waals surface area contributed by atoms with Crippen LogP contribution in [0.5, 0.6) is 11.5 Å². The van der Waals surface area contributed by atoms with Gasteiger partial charge in [0, 0.05) is 5.56 Å². The zero-order valence-electron chi connectivity index (χ0n) is 12.1. The topological polar surface area (TPSA) is 40.5 Å². The molecule has 0 atom stereocenters. The molecule has 0 fully saturated rings. The van der Waals surface area contributed by atoms with Crippen LogP contribution in [-0.4, -0.2) is 33.8 Å². The second kappa shape index (κ2) is 5.17. The van der Waals surface area contributed by atoms with E-state index in [1.807, 2.05) is 43.3 Å². The zero-order valence-corrected chi connectivity index (χ0v) is 12.1. The third kappa shape index (κ3) is 2.00. The van der Waals surface area contributed by atoms with Crippen molar-refractivity contribution in [3.8, 4) is 22.6 Å². The Morgan fingerprint density at radius 3 is 2.00 bits per heavy atom. The van der Waals surface area contributed by atoms with E-state index >= 15 is 0 Å². The molecule has 2 nitrogen and oxygen atoms in total. The molecule has 0 saturated heterocycles. The first-order valence-electron chi connectivity index (χ1n) is 6.80. The van der Waals surface area contributed by atoms with Crippen LogP contribution >= 0.6 is 0 Å². The zero-order chi connectivity index (χ0) is 16.0. The molecule has 0 aromatic heterocycles. The van der Waals surface area contributed by atoms with Gasteiger partial charge in [-0.05, 0) is 34.3 Å². The number of aryl methyl sites for hydroxylation is 1. The smallest absolute Gasteiger partial charge is 0.120 e. The minimum atomic E-state index is -0.310. The van der Waals surface area contributed by atoms with Gasteiger partial charge in [-0.1, -0.05) is 47.3 Å². The molecule has 0 spiro atoms.